The highest BCUT2D eigenvalue weighted by atomic mass is 16.6. The molecule has 0 aromatic heterocycles. The van der Waals surface area contributed by atoms with Crippen LogP contribution in [-0.4, -0.2) is 54.6 Å². The summed E-state index contributed by atoms with van der Waals surface area (Å²) in [5, 5.41) is 19.7. The molecule has 1 aliphatic rings. The van der Waals surface area contributed by atoms with E-state index >= 15 is 0 Å². The Labute approximate surface area is 128 Å². The monoisotopic (exact) mass is 304 g/mol. The fraction of sp³-hybridized carbons (Fsp3) is 1.00. The van der Waals surface area contributed by atoms with E-state index in [4.69, 9.17) is 14.2 Å². The molecule has 0 saturated carbocycles. The zero-order valence-corrected chi connectivity index (χ0v) is 13.5. The third kappa shape index (κ3) is 7.56. The molecule has 0 bridgehead atoms. The number of unbranched alkanes of at least 4 members (excludes halogenated alkanes) is 4. The lowest BCUT2D eigenvalue weighted by Gasteiger charge is -2.37. The van der Waals surface area contributed by atoms with Gasteiger partial charge in [0.2, 0.25) is 0 Å². The van der Waals surface area contributed by atoms with Crippen LogP contribution in [0, 0.1) is 0 Å². The SMILES string of the molecule is CCCCCOC[C@H]1OC(O)C[C@H](O)[C@H]1OCCCCC. The van der Waals surface area contributed by atoms with Crippen LogP contribution in [0.1, 0.15) is 58.8 Å². The molecular weight excluding hydrogens is 272 g/mol. The average Bonchev–Trinajstić information content (AvgIpc) is 2.45. The summed E-state index contributed by atoms with van der Waals surface area (Å²) in [6.07, 6.45) is 4.33. The lowest BCUT2D eigenvalue weighted by molar-refractivity contribution is -0.253. The first-order chi connectivity index (χ1) is 10.2. The highest BCUT2D eigenvalue weighted by Crippen LogP contribution is 2.22. The lowest BCUT2D eigenvalue weighted by atomic mass is 10.0. The predicted molar refractivity (Wildman–Crippen MR) is 81.1 cm³/mol. The maximum Gasteiger partial charge on any atom is 0.157 e. The van der Waals surface area contributed by atoms with Crippen molar-refractivity contribution < 1.29 is 24.4 Å². The Kier molecular flexibility index (Phi) is 10.2. The summed E-state index contributed by atoms with van der Waals surface area (Å²) < 4.78 is 16.9. The van der Waals surface area contributed by atoms with Gasteiger partial charge in [-0.2, -0.15) is 0 Å². The number of hydrogen-bond acceptors (Lipinski definition) is 5. The van der Waals surface area contributed by atoms with E-state index in [0.29, 0.717) is 19.8 Å². The van der Waals surface area contributed by atoms with E-state index in [9.17, 15) is 10.2 Å². The standard InChI is InChI=1S/C16H32O5/c1-3-5-7-9-19-12-14-16(20-10-8-6-4-2)13(17)11-15(18)21-14/h13-18H,3-12H2,1-2H3/t13-,14+,15?,16+/m0/s1. The van der Waals surface area contributed by atoms with Gasteiger partial charge in [0, 0.05) is 19.6 Å². The van der Waals surface area contributed by atoms with Crippen molar-refractivity contribution >= 4 is 0 Å². The fourth-order valence-corrected chi connectivity index (χ4v) is 2.50. The summed E-state index contributed by atoms with van der Waals surface area (Å²) in [6.45, 7) is 5.94. The first-order valence-electron chi connectivity index (χ1n) is 8.40. The third-order valence-electron chi connectivity index (χ3n) is 3.75. The summed E-state index contributed by atoms with van der Waals surface area (Å²) >= 11 is 0. The van der Waals surface area contributed by atoms with Crippen molar-refractivity contribution in [1.82, 2.24) is 0 Å². The molecule has 1 aliphatic heterocycles. The lowest BCUT2D eigenvalue weighted by Crippen LogP contribution is -2.51. The minimum atomic E-state index is -0.931. The molecule has 0 spiro atoms. The van der Waals surface area contributed by atoms with E-state index in [2.05, 4.69) is 13.8 Å². The molecule has 0 amide bonds. The van der Waals surface area contributed by atoms with Crippen LogP contribution >= 0.6 is 0 Å². The minimum Gasteiger partial charge on any atom is -0.390 e. The van der Waals surface area contributed by atoms with Crippen LogP contribution in [0.5, 0.6) is 0 Å². The Morgan fingerprint density at radius 1 is 1.00 bits per heavy atom. The zero-order valence-electron chi connectivity index (χ0n) is 13.5. The molecule has 5 heteroatoms. The minimum absolute atomic E-state index is 0.199. The van der Waals surface area contributed by atoms with Gasteiger partial charge in [-0.05, 0) is 12.8 Å². The second kappa shape index (κ2) is 11.4. The van der Waals surface area contributed by atoms with Gasteiger partial charge in [-0.25, -0.2) is 0 Å². The van der Waals surface area contributed by atoms with Gasteiger partial charge in [-0.15, -0.1) is 0 Å². The van der Waals surface area contributed by atoms with Gasteiger partial charge in [0.1, 0.15) is 12.2 Å². The summed E-state index contributed by atoms with van der Waals surface area (Å²) in [4.78, 5) is 0. The zero-order chi connectivity index (χ0) is 15.5. The van der Waals surface area contributed by atoms with Crippen molar-refractivity contribution in [1.29, 1.82) is 0 Å². The van der Waals surface area contributed by atoms with Gasteiger partial charge in [0.25, 0.3) is 0 Å². The van der Waals surface area contributed by atoms with Crippen molar-refractivity contribution in [3.05, 3.63) is 0 Å². The maximum absolute atomic E-state index is 10.1. The van der Waals surface area contributed by atoms with Crippen LogP contribution in [0.3, 0.4) is 0 Å². The van der Waals surface area contributed by atoms with Crippen LogP contribution in [0.15, 0.2) is 0 Å². The van der Waals surface area contributed by atoms with Gasteiger partial charge in [-0.1, -0.05) is 39.5 Å². The molecule has 0 radical (unpaired) electrons. The maximum atomic E-state index is 10.1. The van der Waals surface area contributed by atoms with Crippen LogP contribution < -0.4 is 0 Å². The molecule has 0 aliphatic carbocycles. The van der Waals surface area contributed by atoms with Crippen LogP contribution in [0.2, 0.25) is 0 Å². The number of rotatable bonds is 11. The smallest absolute Gasteiger partial charge is 0.157 e. The Morgan fingerprint density at radius 3 is 2.33 bits per heavy atom. The van der Waals surface area contributed by atoms with Crippen molar-refractivity contribution in [2.45, 2.75) is 83.4 Å². The summed E-state index contributed by atoms with van der Waals surface area (Å²) in [5.41, 5.74) is 0. The van der Waals surface area contributed by atoms with E-state index in [1.54, 1.807) is 0 Å². The fourth-order valence-electron chi connectivity index (χ4n) is 2.50. The summed E-state index contributed by atoms with van der Waals surface area (Å²) in [5.74, 6) is 0. The van der Waals surface area contributed by atoms with Crippen LogP contribution in [0.4, 0.5) is 0 Å². The first kappa shape index (κ1) is 18.8. The third-order valence-corrected chi connectivity index (χ3v) is 3.75. The van der Waals surface area contributed by atoms with Crippen molar-refractivity contribution in [3.8, 4) is 0 Å². The highest BCUT2D eigenvalue weighted by Gasteiger charge is 2.38. The van der Waals surface area contributed by atoms with Crippen molar-refractivity contribution in [2.24, 2.45) is 0 Å². The van der Waals surface area contributed by atoms with Gasteiger partial charge < -0.3 is 24.4 Å². The van der Waals surface area contributed by atoms with E-state index < -0.39 is 24.6 Å². The summed E-state index contributed by atoms with van der Waals surface area (Å²) in [6, 6.07) is 0. The van der Waals surface area contributed by atoms with Gasteiger partial charge >= 0.3 is 0 Å². The molecule has 0 aromatic rings. The second-order valence-corrected chi connectivity index (χ2v) is 5.76. The molecule has 1 saturated heterocycles. The molecule has 1 rings (SSSR count). The predicted octanol–water partition coefficient (Wildman–Crippen LogP) is 2.24. The Balaban J connectivity index is 2.34. The molecule has 1 fully saturated rings. The largest absolute Gasteiger partial charge is 0.390 e. The second-order valence-electron chi connectivity index (χ2n) is 5.76. The van der Waals surface area contributed by atoms with Crippen molar-refractivity contribution in [2.75, 3.05) is 19.8 Å². The Bertz CT molecular complexity index is 249. The molecule has 5 nitrogen and oxygen atoms in total. The van der Waals surface area contributed by atoms with E-state index in [0.717, 1.165) is 38.5 Å². The Hall–Kier alpha value is -0.200. The van der Waals surface area contributed by atoms with E-state index in [1.165, 1.54) is 0 Å². The van der Waals surface area contributed by atoms with Gasteiger partial charge in [0.15, 0.2) is 6.29 Å². The number of aliphatic hydroxyl groups is 2. The van der Waals surface area contributed by atoms with Crippen LogP contribution in [0.25, 0.3) is 0 Å². The quantitative estimate of drug-likeness (QED) is 0.573. The number of aliphatic hydroxyl groups excluding tert-OH is 2. The van der Waals surface area contributed by atoms with Gasteiger partial charge in [-0.3, -0.25) is 0 Å². The van der Waals surface area contributed by atoms with Crippen molar-refractivity contribution in [3.63, 3.8) is 0 Å². The highest BCUT2D eigenvalue weighted by molar-refractivity contribution is 4.84. The van der Waals surface area contributed by atoms with Gasteiger partial charge in [0.05, 0.1) is 12.7 Å². The molecular formula is C16H32O5. The van der Waals surface area contributed by atoms with Crippen LogP contribution in [-0.2, 0) is 14.2 Å². The molecule has 2 N–H and O–H groups in total. The molecule has 0 aromatic carbocycles. The van der Waals surface area contributed by atoms with E-state index in [-0.39, 0.29) is 6.42 Å². The normalized spacial score (nSPS) is 29.7. The molecule has 1 heterocycles. The van der Waals surface area contributed by atoms with E-state index in [1.807, 2.05) is 0 Å². The number of ether oxygens (including phenoxy) is 3. The average molecular weight is 304 g/mol. The molecule has 126 valence electrons. The molecule has 1 unspecified atom stereocenters. The Morgan fingerprint density at radius 2 is 1.67 bits per heavy atom. The number of hydrogen-bond donors (Lipinski definition) is 2. The summed E-state index contributed by atoms with van der Waals surface area (Å²) in [7, 11) is 0. The first-order valence-corrected chi connectivity index (χ1v) is 8.40. The molecule has 21 heavy (non-hydrogen) atoms. The molecule has 4 atom stereocenters. The topological polar surface area (TPSA) is 68.2 Å².